The number of nitrogens with two attached hydrogens (primary N) is 1. The van der Waals surface area contributed by atoms with Crippen molar-refractivity contribution in [2.45, 2.75) is 18.5 Å². The molecule has 3 atom stereocenters. The molecule has 2 rings (SSSR count). The van der Waals surface area contributed by atoms with Gasteiger partial charge in [0.25, 0.3) is 0 Å². The lowest BCUT2D eigenvalue weighted by Gasteiger charge is -2.19. The summed E-state index contributed by atoms with van der Waals surface area (Å²) in [5, 5.41) is 20.8. The smallest absolute Gasteiger partial charge is 0.311 e. The number of hydrogen-bond donors (Lipinski definition) is 4. The number of rotatable bonds is 5. The highest BCUT2D eigenvalue weighted by atomic mass is 16.5. The number of hydrogen-bond acceptors (Lipinski definition) is 5. The molecule has 1 fully saturated rings. The van der Waals surface area contributed by atoms with Gasteiger partial charge in [-0.2, -0.15) is 0 Å². The van der Waals surface area contributed by atoms with Crippen LogP contribution in [-0.2, 0) is 20.7 Å². The summed E-state index contributed by atoms with van der Waals surface area (Å²) in [7, 11) is 0. The van der Waals surface area contributed by atoms with Gasteiger partial charge < -0.3 is 26.0 Å². The molecular weight excluding hydrogens is 276 g/mol. The molecule has 0 bridgehead atoms. The first-order valence-corrected chi connectivity index (χ1v) is 6.62. The van der Waals surface area contributed by atoms with Crippen LogP contribution in [0.1, 0.15) is 5.56 Å². The number of carbonyl (C=O) groups is 2. The predicted octanol–water partition coefficient (Wildman–Crippen LogP) is -0.522. The quantitative estimate of drug-likeness (QED) is 0.579. The third-order valence-electron chi connectivity index (χ3n) is 3.45. The van der Waals surface area contributed by atoms with Crippen molar-refractivity contribution in [3.05, 3.63) is 29.8 Å². The van der Waals surface area contributed by atoms with Crippen molar-refractivity contribution in [3.63, 3.8) is 0 Å². The van der Waals surface area contributed by atoms with Crippen LogP contribution in [0.5, 0.6) is 5.75 Å². The van der Waals surface area contributed by atoms with Crippen molar-refractivity contribution in [1.29, 1.82) is 0 Å². The fourth-order valence-electron chi connectivity index (χ4n) is 2.21. The van der Waals surface area contributed by atoms with Gasteiger partial charge in [0.2, 0.25) is 5.91 Å². The van der Waals surface area contributed by atoms with Gasteiger partial charge in [-0.3, -0.25) is 9.59 Å². The Morgan fingerprint density at radius 3 is 2.62 bits per heavy atom. The molecule has 21 heavy (non-hydrogen) atoms. The lowest BCUT2D eigenvalue weighted by molar-refractivity contribution is -0.142. The standard InChI is InChI=1S/C14H18N2O5/c15-11(5-8-1-3-9(17)4-2-8)13(18)16-12-7-21-6-10(12)14(19)20/h1-4,10-12,17H,5-7,15H2,(H,16,18)(H,19,20)/t10?,11-,12?/m0/s1. The number of phenols is 1. The molecule has 0 saturated carbocycles. The van der Waals surface area contributed by atoms with E-state index >= 15 is 0 Å². The van der Waals surface area contributed by atoms with Crippen LogP contribution in [0.3, 0.4) is 0 Å². The monoisotopic (exact) mass is 294 g/mol. The average Bonchev–Trinajstić information content (AvgIpc) is 2.89. The summed E-state index contributed by atoms with van der Waals surface area (Å²) < 4.78 is 5.08. The van der Waals surface area contributed by atoms with E-state index in [0.29, 0.717) is 6.42 Å². The highest BCUT2D eigenvalue weighted by Gasteiger charge is 2.35. The van der Waals surface area contributed by atoms with E-state index in [4.69, 9.17) is 15.6 Å². The summed E-state index contributed by atoms with van der Waals surface area (Å²) in [5.41, 5.74) is 6.64. The Morgan fingerprint density at radius 1 is 1.33 bits per heavy atom. The highest BCUT2D eigenvalue weighted by molar-refractivity contribution is 5.83. The first-order chi connectivity index (χ1) is 9.97. The van der Waals surface area contributed by atoms with Crippen LogP contribution < -0.4 is 11.1 Å². The van der Waals surface area contributed by atoms with Crippen LogP contribution in [0, 0.1) is 5.92 Å². The third-order valence-corrected chi connectivity index (χ3v) is 3.45. The van der Waals surface area contributed by atoms with Crippen molar-refractivity contribution >= 4 is 11.9 Å². The Labute approximate surface area is 121 Å². The van der Waals surface area contributed by atoms with E-state index < -0.39 is 29.9 Å². The minimum Gasteiger partial charge on any atom is -0.508 e. The Bertz CT molecular complexity index is 517. The summed E-state index contributed by atoms with van der Waals surface area (Å²) in [5.74, 6) is -2.01. The zero-order valence-corrected chi connectivity index (χ0v) is 11.4. The first kappa shape index (κ1) is 15.3. The minimum atomic E-state index is -0.995. The summed E-state index contributed by atoms with van der Waals surface area (Å²) >= 11 is 0. The van der Waals surface area contributed by atoms with Crippen molar-refractivity contribution in [1.82, 2.24) is 5.32 Å². The molecule has 2 unspecified atom stereocenters. The number of benzene rings is 1. The molecule has 7 heteroatoms. The Morgan fingerprint density at radius 2 is 2.00 bits per heavy atom. The summed E-state index contributed by atoms with van der Waals surface area (Å²) in [6, 6.07) is 5.06. The van der Waals surface area contributed by atoms with Crippen LogP contribution in [0.4, 0.5) is 0 Å². The molecule has 0 aliphatic carbocycles. The van der Waals surface area contributed by atoms with E-state index in [-0.39, 0.29) is 19.0 Å². The van der Waals surface area contributed by atoms with Gasteiger partial charge in [0, 0.05) is 0 Å². The molecule has 114 valence electrons. The molecule has 1 amide bonds. The maximum atomic E-state index is 12.0. The molecule has 0 spiro atoms. The number of nitrogens with one attached hydrogen (secondary N) is 1. The largest absolute Gasteiger partial charge is 0.508 e. The number of phenolic OH excluding ortho intramolecular Hbond substituents is 1. The van der Waals surface area contributed by atoms with Crippen LogP contribution >= 0.6 is 0 Å². The second kappa shape index (κ2) is 6.55. The second-order valence-electron chi connectivity index (χ2n) is 5.07. The molecule has 1 aliphatic rings. The van der Waals surface area contributed by atoms with Crippen LogP contribution in [-0.4, -0.2) is 47.4 Å². The van der Waals surface area contributed by atoms with Gasteiger partial charge in [0.15, 0.2) is 0 Å². The fourth-order valence-corrected chi connectivity index (χ4v) is 2.21. The molecule has 1 aromatic carbocycles. The van der Waals surface area contributed by atoms with Crippen molar-refractivity contribution in [3.8, 4) is 5.75 Å². The predicted molar refractivity (Wildman–Crippen MR) is 73.7 cm³/mol. The van der Waals surface area contributed by atoms with Gasteiger partial charge in [-0.15, -0.1) is 0 Å². The lowest BCUT2D eigenvalue weighted by Crippen LogP contribution is -2.50. The number of ether oxygens (including phenoxy) is 1. The Kier molecular flexibility index (Phi) is 4.77. The number of amides is 1. The first-order valence-electron chi connectivity index (χ1n) is 6.62. The Hall–Kier alpha value is -2.12. The normalized spacial score (nSPS) is 22.7. The highest BCUT2D eigenvalue weighted by Crippen LogP contribution is 2.15. The fraction of sp³-hybridized carbons (Fsp3) is 0.429. The third kappa shape index (κ3) is 3.93. The number of aromatic hydroxyl groups is 1. The van der Waals surface area contributed by atoms with Crippen molar-refractivity contribution < 1.29 is 24.5 Å². The van der Waals surface area contributed by atoms with Gasteiger partial charge in [-0.1, -0.05) is 12.1 Å². The molecule has 1 saturated heterocycles. The van der Waals surface area contributed by atoms with E-state index in [1.54, 1.807) is 12.1 Å². The number of carbonyl (C=O) groups excluding carboxylic acids is 1. The Balaban J connectivity index is 1.90. The lowest BCUT2D eigenvalue weighted by atomic mass is 10.0. The van der Waals surface area contributed by atoms with E-state index in [1.165, 1.54) is 12.1 Å². The van der Waals surface area contributed by atoms with Crippen molar-refractivity contribution in [2.24, 2.45) is 11.7 Å². The van der Waals surface area contributed by atoms with Gasteiger partial charge in [0.05, 0.1) is 25.3 Å². The van der Waals surface area contributed by atoms with Crippen LogP contribution in [0.25, 0.3) is 0 Å². The molecule has 0 radical (unpaired) electrons. The summed E-state index contributed by atoms with van der Waals surface area (Å²) in [6.07, 6.45) is 0.303. The molecule has 1 aliphatic heterocycles. The van der Waals surface area contributed by atoms with Gasteiger partial charge in [0.1, 0.15) is 11.7 Å². The zero-order chi connectivity index (χ0) is 15.4. The molecule has 1 heterocycles. The molecule has 0 aromatic heterocycles. The van der Waals surface area contributed by atoms with E-state index in [0.717, 1.165) is 5.56 Å². The van der Waals surface area contributed by atoms with Gasteiger partial charge >= 0.3 is 5.97 Å². The molecule has 1 aromatic rings. The maximum Gasteiger partial charge on any atom is 0.311 e. The van der Waals surface area contributed by atoms with Gasteiger partial charge in [-0.05, 0) is 24.1 Å². The number of aliphatic carboxylic acids is 1. The second-order valence-corrected chi connectivity index (χ2v) is 5.07. The van der Waals surface area contributed by atoms with Crippen LogP contribution in [0.2, 0.25) is 0 Å². The molecule has 7 nitrogen and oxygen atoms in total. The van der Waals surface area contributed by atoms with Gasteiger partial charge in [-0.25, -0.2) is 0 Å². The number of carboxylic acids is 1. The summed E-state index contributed by atoms with van der Waals surface area (Å²) in [4.78, 5) is 23.0. The SMILES string of the molecule is N[C@@H](Cc1ccc(O)cc1)C(=O)NC1COCC1C(=O)O. The zero-order valence-electron chi connectivity index (χ0n) is 11.4. The average molecular weight is 294 g/mol. The van der Waals surface area contributed by atoms with E-state index in [9.17, 15) is 14.7 Å². The van der Waals surface area contributed by atoms with Crippen LogP contribution in [0.15, 0.2) is 24.3 Å². The number of carboxylic acid groups (broad SMARTS) is 1. The maximum absolute atomic E-state index is 12.0. The summed E-state index contributed by atoms with van der Waals surface area (Å²) in [6.45, 7) is 0.266. The minimum absolute atomic E-state index is 0.0908. The topological polar surface area (TPSA) is 122 Å². The van der Waals surface area contributed by atoms with E-state index in [2.05, 4.69) is 5.32 Å². The van der Waals surface area contributed by atoms with Crippen molar-refractivity contribution in [2.75, 3.05) is 13.2 Å². The van der Waals surface area contributed by atoms with E-state index in [1.807, 2.05) is 0 Å². The molecular formula is C14H18N2O5. The molecule has 5 N–H and O–H groups in total.